The second kappa shape index (κ2) is 10.8. The maximum atomic E-state index is 13.5. The first-order chi connectivity index (χ1) is 16.4. The summed E-state index contributed by atoms with van der Waals surface area (Å²) in [4.78, 5) is 2.04. The summed E-state index contributed by atoms with van der Waals surface area (Å²) < 4.78 is 48.2. The Hall–Kier alpha value is -1.57. The number of likely N-dealkylation sites (tertiary alicyclic amines) is 1. The molecule has 2 aromatic heterocycles. The maximum absolute atomic E-state index is 13.5. The molecule has 0 amide bonds. The summed E-state index contributed by atoms with van der Waals surface area (Å²) in [6.07, 6.45) is -2.29. The number of hydrogen-bond donors (Lipinski definition) is 3. The van der Waals surface area contributed by atoms with Crippen molar-refractivity contribution in [3.05, 3.63) is 32.8 Å². The Bertz CT molecular complexity index is 979. The monoisotopic (exact) mass is 520 g/mol. The van der Waals surface area contributed by atoms with E-state index in [4.69, 9.17) is 4.74 Å². The molecule has 8 nitrogen and oxygen atoms in total. The first kappa shape index (κ1) is 28.0. The van der Waals surface area contributed by atoms with Crippen LogP contribution in [0.3, 0.4) is 0 Å². The lowest BCUT2D eigenvalue weighted by molar-refractivity contribution is -0.135. The molecule has 3 N–H and O–H groups in total. The van der Waals surface area contributed by atoms with E-state index in [0.29, 0.717) is 73.0 Å². The molecule has 1 saturated heterocycles. The van der Waals surface area contributed by atoms with Crippen molar-refractivity contribution in [1.29, 1.82) is 0 Å². The minimum atomic E-state index is -4.49. The average Bonchev–Trinajstić information content (AvgIpc) is 3.41. The summed E-state index contributed by atoms with van der Waals surface area (Å²) in [6, 6.07) is 0. The molecule has 1 unspecified atom stereocenters. The molecule has 1 spiro atoms. The van der Waals surface area contributed by atoms with Gasteiger partial charge >= 0.3 is 6.18 Å². The number of aliphatic hydroxyl groups is 3. The van der Waals surface area contributed by atoms with E-state index < -0.39 is 35.0 Å². The van der Waals surface area contributed by atoms with Crippen LogP contribution in [0.2, 0.25) is 0 Å². The van der Waals surface area contributed by atoms with Crippen molar-refractivity contribution in [2.45, 2.75) is 90.1 Å². The minimum absolute atomic E-state index is 0.00235. The van der Waals surface area contributed by atoms with Gasteiger partial charge in [-0.25, -0.2) is 4.68 Å². The van der Waals surface area contributed by atoms with Crippen LogP contribution in [0.15, 0.2) is 6.20 Å². The Labute approximate surface area is 207 Å². The molecule has 4 rings (SSSR count). The predicted molar refractivity (Wildman–Crippen MR) is 125 cm³/mol. The highest BCUT2D eigenvalue weighted by Gasteiger charge is 2.47. The van der Waals surface area contributed by atoms with Gasteiger partial charge in [0.2, 0.25) is 0 Å². The number of thiophene rings is 1. The molecule has 0 saturated carbocycles. The molecule has 4 heterocycles. The molecular formula is C23H35F3N4O4S. The van der Waals surface area contributed by atoms with Crippen molar-refractivity contribution < 1.29 is 33.2 Å². The highest BCUT2D eigenvalue weighted by Crippen LogP contribution is 2.50. The first-order valence-electron chi connectivity index (χ1n) is 11.9. The molecule has 2 aromatic rings. The zero-order chi connectivity index (χ0) is 26.0. The average molecular weight is 521 g/mol. The molecule has 0 aromatic carbocycles. The molecule has 12 heteroatoms. The van der Waals surface area contributed by atoms with Crippen LogP contribution in [0.25, 0.3) is 0 Å². The summed E-state index contributed by atoms with van der Waals surface area (Å²) in [5.74, 6) is 0. The summed E-state index contributed by atoms with van der Waals surface area (Å²) in [6.45, 7) is 8.62. The smallest absolute Gasteiger partial charge is 0.392 e. The second-order valence-corrected chi connectivity index (χ2v) is 10.4. The largest absolute Gasteiger partial charge is 0.425 e. The normalized spacial score (nSPS) is 19.3. The number of hydrogen-bond acceptors (Lipinski definition) is 8. The molecule has 1 atom stereocenters. The summed E-state index contributed by atoms with van der Waals surface area (Å²) in [5.41, 5.74) is -0.704. The summed E-state index contributed by atoms with van der Waals surface area (Å²) >= 11 is 0.717. The second-order valence-electron chi connectivity index (χ2n) is 9.34. The molecule has 0 radical (unpaired) electrons. The van der Waals surface area contributed by atoms with Crippen LogP contribution in [0.1, 0.15) is 67.1 Å². The maximum Gasteiger partial charge on any atom is 0.425 e. The van der Waals surface area contributed by atoms with Gasteiger partial charge in [-0.15, -0.1) is 16.4 Å². The van der Waals surface area contributed by atoms with Crippen LogP contribution in [-0.4, -0.2) is 66.6 Å². The van der Waals surface area contributed by atoms with Gasteiger partial charge in [-0.05, 0) is 38.7 Å². The van der Waals surface area contributed by atoms with Crippen molar-refractivity contribution >= 4 is 11.3 Å². The Kier molecular flexibility index (Phi) is 8.65. The summed E-state index contributed by atoms with van der Waals surface area (Å²) in [5, 5.41) is 37.7. The highest BCUT2D eigenvalue weighted by molar-refractivity contribution is 7.12. The number of alkyl halides is 3. The molecular weight excluding hydrogens is 485 g/mol. The van der Waals surface area contributed by atoms with E-state index >= 15 is 0 Å². The number of ether oxygens (including phenoxy) is 1. The number of aliphatic hydroxyl groups excluding tert-OH is 2. The standard InChI is InChI=1S/C21H29F3N4O4S.C2H6/c1-19(2,31)16(30)11-28-10-13(25-26-28)9-27-6-4-20(5-7-27)17-14(3-8-32-20)15(12-29)18(33-17)21(22,23)24;1-2/h10,16,29-31H,3-9,11-12H2,1-2H3;1-2H3. The number of aromatic nitrogens is 3. The van der Waals surface area contributed by atoms with Gasteiger partial charge in [0.1, 0.15) is 16.6 Å². The Balaban J connectivity index is 0.00000167. The quantitative estimate of drug-likeness (QED) is 0.538. The van der Waals surface area contributed by atoms with E-state index in [1.54, 1.807) is 6.20 Å². The zero-order valence-electron chi connectivity index (χ0n) is 20.6. The summed E-state index contributed by atoms with van der Waals surface area (Å²) in [7, 11) is 0. The van der Waals surface area contributed by atoms with Gasteiger partial charge in [-0.3, -0.25) is 4.90 Å². The first-order valence-corrected chi connectivity index (χ1v) is 12.7. The van der Waals surface area contributed by atoms with Gasteiger partial charge in [0.25, 0.3) is 0 Å². The lowest BCUT2D eigenvalue weighted by Gasteiger charge is -2.43. The van der Waals surface area contributed by atoms with Gasteiger partial charge in [-0.2, -0.15) is 13.2 Å². The van der Waals surface area contributed by atoms with Gasteiger partial charge in [0.15, 0.2) is 0 Å². The molecule has 2 aliphatic heterocycles. The van der Waals surface area contributed by atoms with Gasteiger partial charge < -0.3 is 20.1 Å². The van der Waals surface area contributed by atoms with E-state index in [1.807, 2.05) is 13.8 Å². The number of rotatable bonds is 6. The Morgan fingerprint density at radius 3 is 2.46 bits per heavy atom. The molecule has 2 aliphatic rings. The molecule has 35 heavy (non-hydrogen) atoms. The van der Waals surface area contributed by atoms with E-state index in [0.717, 1.165) is 0 Å². The topological polar surface area (TPSA) is 104 Å². The Morgan fingerprint density at radius 2 is 1.89 bits per heavy atom. The molecule has 1 fully saturated rings. The van der Waals surface area contributed by atoms with Crippen molar-refractivity contribution in [2.24, 2.45) is 0 Å². The highest BCUT2D eigenvalue weighted by atomic mass is 32.1. The van der Waals surface area contributed by atoms with Crippen LogP contribution in [0, 0.1) is 0 Å². The van der Waals surface area contributed by atoms with Crippen LogP contribution in [0.4, 0.5) is 13.2 Å². The lowest BCUT2D eigenvalue weighted by Crippen LogP contribution is -2.45. The van der Waals surface area contributed by atoms with Crippen LogP contribution in [0.5, 0.6) is 0 Å². The van der Waals surface area contributed by atoms with Crippen molar-refractivity contribution in [1.82, 2.24) is 19.9 Å². The Morgan fingerprint density at radius 1 is 1.23 bits per heavy atom. The van der Waals surface area contributed by atoms with Gasteiger partial charge in [-0.1, -0.05) is 19.1 Å². The zero-order valence-corrected chi connectivity index (χ0v) is 21.4. The van der Waals surface area contributed by atoms with Crippen molar-refractivity contribution in [2.75, 3.05) is 19.7 Å². The molecule has 198 valence electrons. The fraction of sp³-hybridized carbons (Fsp3) is 0.739. The van der Waals surface area contributed by atoms with Crippen molar-refractivity contribution in [3.8, 4) is 0 Å². The number of fused-ring (bicyclic) bond motifs is 2. The molecule has 0 bridgehead atoms. The molecule has 0 aliphatic carbocycles. The third-order valence-electron chi connectivity index (χ3n) is 6.49. The fourth-order valence-corrected chi connectivity index (χ4v) is 5.94. The van der Waals surface area contributed by atoms with Gasteiger partial charge in [0.05, 0.1) is 31.1 Å². The SMILES string of the molecule is CC.CC(C)(O)C(O)Cn1cc(CN2CCC3(CC2)OCCc2c3sc(C(F)(F)F)c2CO)nn1. The lowest BCUT2D eigenvalue weighted by atomic mass is 9.84. The van der Waals surface area contributed by atoms with Crippen LogP contribution < -0.4 is 0 Å². The third kappa shape index (κ3) is 6.05. The third-order valence-corrected chi connectivity index (χ3v) is 7.99. The van der Waals surface area contributed by atoms with Crippen LogP contribution >= 0.6 is 11.3 Å². The van der Waals surface area contributed by atoms with Crippen LogP contribution in [-0.2, 0) is 42.6 Å². The van der Waals surface area contributed by atoms with E-state index in [9.17, 15) is 28.5 Å². The number of piperidine rings is 1. The minimum Gasteiger partial charge on any atom is -0.392 e. The van der Waals surface area contributed by atoms with E-state index in [-0.39, 0.29) is 12.1 Å². The predicted octanol–water partition coefficient (Wildman–Crippen LogP) is 3.07. The number of nitrogens with zero attached hydrogens (tertiary/aromatic N) is 4. The van der Waals surface area contributed by atoms with Crippen molar-refractivity contribution in [3.63, 3.8) is 0 Å². The van der Waals surface area contributed by atoms with E-state index in [1.165, 1.54) is 18.5 Å². The number of halogens is 3. The fourth-order valence-electron chi connectivity index (χ4n) is 4.52. The van der Waals surface area contributed by atoms with E-state index in [2.05, 4.69) is 15.2 Å². The van der Waals surface area contributed by atoms with Gasteiger partial charge in [0, 0.05) is 36.3 Å².